The fraction of sp³-hybridized carbons (Fsp3) is 0.333. The van der Waals surface area contributed by atoms with Crippen molar-refractivity contribution in [1.29, 1.82) is 0 Å². The molecule has 5 nitrogen and oxygen atoms in total. The highest BCUT2D eigenvalue weighted by atomic mass is 35.5. The van der Waals surface area contributed by atoms with Gasteiger partial charge in [0.15, 0.2) is 0 Å². The summed E-state index contributed by atoms with van der Waals surface area (Å²) >= 11 is 5.81. The average molecular weight is 309 g/mol. The Morgan fingerprint density at radius 1 is 1.33 bits per heavy atom. The maximum absolute atomic E-state index is 12.1. The molecule has 2 amide bonds. The number of carbonyl (C=O) groups excluding carboxylic acids is 1. The van der Waals surface area contributed by atoms with Gasteiger partial charge in [-0.25, -0.2) is 4.79 Å². The zero-order valence-electron chi connectivity index (χ0n) is 11.6. The Balaban J connectivity index is 1.85. The first-order valence-corrected chi connectivity index (χ1v) is 7.00. The van der Waals surface area contributed by atoms with Crippen molar-refractivity contribution in [3.05, 3.63) is 47.0 Å². The summed E-state index contributed by atoms with van der Waals surface area (Å²) in [7, 11) is 1.69. The second-order valence-electron chi connectivity index (χ2n) is 5.10. The molecule has 0 heterocycles. The van der Waals surface area contributed by atoms with Crippen molar-refractivity contribution < 1.29 is 14.7 Å². The third kappa shape index (κ3) is 4.23. The molecular weight excluding hydrogens is 292 g/mol. The molecule has 0 radical (unpaired) electrons. The maximum atomic E-state index is 12.1. The molecular formula is C15H17ClN2O3. The summed E-state index contributed by atoms with van der Waals surface area (Å²) in [6.45, 7) is 0.460. The number of aliphatic carboxylic acids is 1. The van der Waals surface area contributed by atoms with Crippen LogP contribution in [0.3, 0.4) is 0 Å². The maximum Gasteiger partial charge on any atom is 0.317 e. The van der Waals surface area contributed by atoms with Gasteiger partial charge >= 0.3 is 12.0 Å². The lowest BCUT2D eigenvalue weighted by Gasteiger charge is -2.21. The van der Waals surface area contributed by atoms with Crippen LogP contribution in [-0.4, -0.2) is 35.1 Å². The molecule has 2 atom stereocenters. The molecule has 112 valence electrons. The van der Waals surface area contributed by atoms with Gasteiger partial charge in [0.2, 0.25) is 0 Å². The number of carboxylic acid groups (broad SMARTS) is 1. The third-order valence-electron chi connectivity index (χ3n) is 3.39. The first-order chi connectivity index (χ1) is 9.95. The number of rotatable bonds is 4. The van der Waals surface area contributed by atoms with Gasteiger partial charge in [-0.2, -0.15) is 0 Å². The molecule has 6 heteroatoms. The van der Waals surface area contributed by atoms with E-state index in [2.05, 4.69) is 5.32 Å². The minimum atomic E-state index is -0.863. The van der Waals surface area contributed by atoms with Crippen LogP contribution in [0.2, 0.25) is 5.02 Å². The van der Waals surface area contributed by atoms with Crippen molar-refractivity contribution in [1.82, 2.24) is 10.2 Å². The standard InChI is InChI=1S/C15H17ClN2O3/c1-18(9-10-2-5-12(16)6-3-10)15(21)17-13-7-4-11(8-13)14(19)20/h2-7,11,13H,8-9H2,1H3,(H,17,21)(H,19,20). The fourth-order valence-electron chi connectivity index (χ4n) is 2.19. The number of halogens is 1. The van der Waals surface area contributed by atoms with Gasteiger partial charge in [-0.1, -0.05) is 35.9 Å². The molecule has 1 aliphatic carbocycles. The zero-order chi connectivity index (χ0) is 15.4. The molecule has 1 aromatic rings. The molecule has 0 spiro atoms. The minimum Gasteiger partial charge on any atom is -0.481 e. The smallest absolute Gasteiger partial charge is 0.317 e. The highest BCUT2D eigenvalue weighted by molar-refractivity contribution is 6.30. The third-order valence-corrected chi connectivity index (χ3v) is 3.64. The van der Waals surface area contributed by atoms with E-state index in [1.807, 2.05) is 12.1 Å². The molecule has 0 saturated heterocycles. The van der Waals surface area contributed by atoms with Crippen LogP contribution in [0, 0.1) is 5.92 Å². The molecule has 0 fully saturated rings. The van der Waals surface area contributed by atoms with E-state index in [0.29, 0.717) is 18.0 Å². The summed E-state index contributed by atoms with van der Waals surface area (Å²) in [5.74, 6) is -1.38. The van der Waals surface area contributed by atoms with Crippen molar-refractivity contribution in [3.8, 4) is 0 Å². The van der Waals surface area contributed by atoms with Crippen LogP contribution in [0.4, 0.5) is 4.79 Å². The van der Waals surface area contributed by atoms with E-state index >= 15 is 0 Å². The van der Waals surface area contributed by atoms with Crippen LogP contribution in [0.15, 0.2) is 36.4 Å². The summed E-state index contributed by atoms with van der Waals surface area (Å²) in [5.41, 5.74) is 0.974. The van der Waals surface area contributed by atoms with Gasteiger partial charge in [0.05, 0.1) is 12.0 Å². The molecule has 0 saturated carbocycles. The highest BCUT2D eigenvalue weighted by Gasteiger charge is 2.26. The number of hydrogen-bond donors (Lipinski definition) is 2. The van der Waals surface area contributed by atoms with E-state index in [0.717, 1.165) is 5.56 Å². The van der Waals surface area contributed by atoms with Crippen LogP contribution in [0.1, 0.15) is 12.0 Å². The topological polar surface area (TPSA) is 69.6 Å². The summed E-state index contributed by atoms with van der Waals surface area (Å²) in [4.78, 5) is 24.5. The molecule has 2 unspecified atom stereocenters. The van der Waals surface area contributed by atoms with E-state index in [9.17, 15) is 9.59 Å². The Kier molecular flexibility index (Phi) is 4.85. The lowest BCUT2D eigenvalue weighted by molar-refractivity contribution is -0.140. The summed E-state index contributed by atoms with van der Waals surface area (Å²) in [6, 6.07) is 6.82. The number of amides is 2. The Labute approximate surface area is 128 Å². The highest BCUT2D eigenvalue weighted by Crippen LogP contribution is 2.18. The molecule has 0 aliphatic heterocycles. The predicted molar refractivity (Wildman–Crippen MR) is 80.1 cm³/mol. The van der Waals surface area contributed by atoms with Gasteiger partial charge in [-0.3, -0.25) is 4.79 Å². The summed E-state index contributed by atoms with van der Waals surface area (Å²) in [5, 5.41) is 12.4. The molecule has 1 aliphatic rings. The van der Waals surface area contributed by atoms with Crippen LogP contribution in [-0.2, 0) is 11.3 Å². The molecule has 2 rings (SSSR count). The van der Waals surface area contributed by atoms with Gasteiger partial charge in [-0.15, -0.1) is 0 Å². The summed E-state index contributed by atoms with van der Waals surface area (Å²) < 4.78 is 0. The SMILES string of the molecule is CN(Cc1ccc(Cl)cc1)C(=O)NC1C=CC(C(=O)O)C1. The second kappa shape index (κ2) is 6.63. The van der Waals surface area contributed by atoms with Crippen LogP contribution < -0.4 is 5.32 Å². The largest absolute Gasteiger partial charge is 0.481 e. The van der Waals surface area contributed by atoms with Crippen molar-refractivity contribution in [2.45, 2.75) is 19.0 Å². The lowest BCUT2D eigenvalue weighted by atomic mass is 10.1. The second-order valence-corrected chi connectivity index (χ2v) is 5.54. The van der Waals surface area contributed by atoms with E-state index < -0.39 is 11.9 Å². The molecule has 1 aromatic carbocycles. The van der Waals surface area contributed by atoms with Gasteiger partial charge in [0.25, 0.3) is 0 Å². The number of carbonyl (C=O) groups is 2. The van der Waals surface area contributed by atoms with Gasteiger partial charge < -0.3 is 15.3 Å². The number of nitrogens with one attached hydrogen (secondary N) is 1. The van der Waals surface area contributed by atoms with Crippen LogP contribution in [0.25, 0.3) is 0 Å². The first-order valence-electron chi connectivity index (χ1n) is 6.63. The van der Waals surface area contributed by atoms with E-state index in [1.165, 1.54) is 0 Å². The Morgan fingerprint density at radius 3 is 2.57 bits per heavy atom. The fourth-order valence-corrected chi connectivity index (χ4v) is 2.32. The van der Waals surface area contributed by atoms with Crippen molar-refractivity contribution in [2.24, 2.45) is 5.92 Å². The molecule has 0 aromatic heterocycles. The first kappa shape index (κ1) is 15.4. The molecule has 0 bridgehead atoms. The quantitative estimate of drug-likeness (QED) is 0.840. The molecule has 21 heavy (non-hydrogen) atoms. The van der Waals surface area contributed by atoms with Gasteiger partial charge in [-0.05, 0) is 24.1 Å². The lowest BCUT2D eigenvalue weighted by Crippen LogP contribution is -2.41. The number of hydrogen-bond acceptors (Lipinski definition) is 2. The van der Waals surface area contributed by atoms with E-state index in [-0.39, 0.29) is 12.1 Å². The van der Waals surface area contributed by atoms with Crippen LogP contribution in [0.5, 0.6) is 0 Å². The number of benzene rings is 1. The normalized spacial score (nSPS) is 20.3. The Morgan fingerprint density at radius 2 is 2.00 bits per heavy atom. The average Bonchev–Trinajstić information content (AvgIpc) is 2.90. The zero-order valence-corrected chi connectivity index (χ0v) is 12.4. The van der Waals surface area contributed by atoms with Crippen molar-refractivity contribution in [2.75, 3.05) is 7.05 Å². The van der Waals surface area contributed by atoms with Gasteiger partial charge in [0.1, 0.15) is 0 Å². The van der Waals surface area contributed by atoms with E-state index in [4.69, 9.17) is 16.7 Å². The Bertz CT molecular complexity index is 557. The predicted octanol–water partition coefficient (Wildman–Crippen LogP) is 2.51. The summed E-state index contributed by atoms with van der Waals surface area (Å²) in [6.07, 6.45) is 3.75. The monoisotopic (exact) mass is 308 g/mol. The number of carboxylic acids is 1. The van der Waals surface area contributed by atoms with Gasteiger partial charge in [0, 0.05) is 18.6 Å². The number of nitrogens with zero attached hydrogens (tertiary/aromatic N) is 1. The number of urea groups is 1. The van der Waals surface area contributed by atoms with E-state index in [1.54, 1.807) is 36.2 Å². The minimum absolute atomic E-state index is 0.230. The van der Waals surface area contributed by atoms with Crippen molar-refractivity contribution in [3.63, 3.8) is 0 Å². The Hall–Kier alpha value is -2.01. The van der Waals surface area contributed by atoms with Crippen molar-refractivity contribution >= 4 is 23.6 Å². The van der Waals surface area contributed by atoms with Crippen LogP contribution >= 0.6 is 11.6 Å². The molecule has 2 N–H and O–H groups in total.